The molecule has 0 unspecified atom stereocenters. The van der Waals surface area contributed by atoms with Gasteiger partial charge in [0.1, 0.15) is 5.75 Å². The molecule has 2 aromatic carbocycles. The van der Waals surface area contributed by atoms with Crippen molar-refractivity contribution in [3.63, 3.8) is 0 Å². The average Bonchev–Trinajstić information content (AvgIpc) is 3.43. The van der Waals surface area contributed by atoms with Gasteiger partial charge in [0.05, 0.1) is 28.3 Å². The Morgan fingerprint density at radius 2 is 2.00 bits per heavy atom. The molecule has 12 heteroatoms. The topological polar surface area (TPSA) is 145 Å². The fourth-order valence-electron chi connectivity index (χ4n) is 2.96. The minimum atomic E-state index is -3.72. The molecule has 166 valence electrons. The van der Waals surface area contributed by atoms with Gasteiger partial charge in [-0.1, -0.05) is 6.07 Å². The molecule has 1 heterocycles. The van der Waals surface area contributed by atoms with Gasteiger partial charge < -0.3 is 10.1 Å². The summed E-state index contributed by atoms with van der Waals surface area (Å²) in [7, 11) is -2.32. The first-order valence-corrected chi connectivity index (χ1v) is 11.1. The van der Waals surface area contributed by atoms with Crippen LogP contribution >= 0.6 is 0 Å². The normalized spacial score (nSPS) is 13.5. The van der Waals surface area contributed by atoms with Crippen LogP contribution in [-0.4, -0.2) is 42.2 Å². The predicted molar refractivity (Wildman–Crippen MR) is 115 cm³/mol. The third kappa shape index (κ3) is 4.60. The number of nitro benzene ring substituents is 1. The minimum absolute atomic E-state index is 0.00243. The minimum Gasteiger partial charge on any atom is -0.495 e. The molecule has 1 fully saturated rings. The second-order valence-corrected chi connectivity index (χ2v) is 8.85. The molecule has 2 N–H and O–H groups in total. The van der Waals surface area contributed by atoms with E-state index in [2.05, 4.69) is 15.1 Å². The number of ether oxygens (including phenoxy) is 1. The van der Waals surface area contributed by atoms with Gasteiger partial charge in [-0.15, -0.1) is 0 Å². The van der Waals surface area contributed by atoms with Gasteiger partial charge in [-0.2, -0.15) is 5.10 Å². The molecule has 3 aromatic rings. The van der Waals surface area contributed by atoms with Crippen LogP contribution in [0, 0.1) is 10.1 Å². The maximum Gasteiger partial charge on any atom is 0.276 e. The first kappa shape index (κ1) is 21.5. The number of rotatable bonds is 8. The number of sulfonamides is 1. The highest BCUT2D eigenvalue weighted by molar-refractivity contribution is 7.89. The highest BCUT2D eigenvalue weighted by Gasteiger charge is 2.28. The molecule has 1 aliphatic rings. The predicted octanol–water partition coefficient (Wildman–Crippen LogP) is 2.48. The maximum absolute atomic E-state index is 12.7. The zero-order chi connectivity index (χ0) is 22.9. The molecular weight excluding hydrogens is 438 g/mol. The highest BCUT2D eigenvalue weighted by Crippen LogP contribution is 2.29. The van der Waals surface area contributed by atoms with E-state index in [4.69, 9.17) is 4.74 Å². The lowest BCUT2D eigenvalue weighted by Crippen LogP contribution is -2.26. The van der Waals surface area contributed by atoms with Crippen molar-refractivity contribution in [3.8, 4) is 11.4 Å². The number of carbonyl (C=O) groups excluding carboxylic acids is 1. The standard InChI is InChI=1S/C20H19N5O6S/c1-31-19-8-7-16(32(29,30)23-13-5-6-13)12-18(19)21-20(26)17-9-10-24(22-17)14-3-2-4-15(11-14)25(27)28/h2-4,7-13,23H,5-6H2,1H3,(H,21,26). The molecule has 0 atom stereocenters. The van der Waals surface area contributed by atoms with Gasteiger partial charge in [0.2, 0.25) is 10.0 Å². The summed E-state index contributed by atoms with van der Waals surface area (Å²) in [4.78, 5) is 23.2. The second kappa shape index (κ2) is 8.40. The van der Waals surface area contributed by atoms with Crippen LogP contribution in [0.15, 0.2) is 59.6 Å². The fraction of sp³-hybridized carbons (Fsp3) is 0.200. The van der Waals surface area contributed by atoms with Crippen molar-refractivity contribution >= 4 is 27.3 Å². The maximum atomic E-state index is 12.7. The second-order valence-electron chi connectivity index (χ2n) is 7.13. The van der Waals surface area contributed by atoms with Gasteiger partial charge in [0.25, 0.3) is 11.6 Å². The van der Waals surface area contributed by atoms with E-state index in [1.54, 1.807) is 6.07 Å². The lowest BCUT2D eigenvalue weighted by Gasteiger charge is -2.12. The number of nitrogens with zero attached hydrogens (tertiary/aromatic N) is 3. The summed E-state index contributed by atoms with van der Waals surface area (Å²) in [6, 6.07) is 11.4. The molecular formula is C20H19N5O6S. The molecule has 0 saturated heterocycles. The van der Waals surface area contributed by atoms with Gasteiger partial charge in [-0.25, -0.2) is 17.8 Å². The van der Waals surface area contributed by atoms with Crippen molar-refractivity contribution in [2.45, 2.75) is 23.8 Å². The average molecular weight is 457 g/mol. The zero-order valence-electron chi connectivity index (χ0n) is 16.9. The van der Waals surface area contributed by atoms with E-state index in [0.717, 1.165) is 12.8 Å². The summed E-state index contributed by atoms with van der Waals surface area (Å²) < 4.78 is 34.1. The molecule has 32 heavy (non-hydrogen) atoms. The number of benzene rings is 2. The number of nitro groups is 1. The van der Waals surface area contributed by atoms with Crippen LogP contribution in [0.2, 0.25) is 0 Å². The van der Waals surface area contributed by atoms with Gasteiger partial charge >= 0.3 is 0 Å². The SMILES string of the molecule is COc1ccc(S(=O)(=O)NC2CC2)cc1NC(=O)c1ccn(-c2cccc([N+](=O)[O-])c2)n1. The molecule has 11 nitrogen and oxygen atoms in total. The lowest BCUT2D eigenvalue weighted by atomic mass is 10.2. The van der Waals surface area contributed by atoms with E-state index in [-0.39, 0.29) is 33.8 Å². The van der Waals surface area contributed by atoms with Crippen LogP contribution in [0.4, 0.5) is 11.4 Å². The third-order valence-corrected chi connectivity index (χ3v) is 6.27. The van der Waals surface area contributed by atoms with Crippen molar-refractivity contribution < 1.29 is 22.9 Å². The van der Waals surface area contributed by atoms with E-state index in [9.17, 15) is 23.3 Å². The Labute approximate surface area is 183 Å². The van der Waals surface area contributed by atoms with E-state index >= 15 is 0 Å². The number of aromatic nitrogens is 2. The molecule has 0 spiro atoms. The fourth-order valence-corrected chi connectivity index (χ4v) is 4.30. The molecule has 0 aliphatic heterocycles. The molecule has 0 radical (unpaired) electrons. The number of amides is 1. The van der Waals surface area contributed by atoms with Crippen LogP contribution in [0.3, 0.4) is 0 Å². The number of anilines is 1. The van der Waals surface area contributed by atoms with Gasteiger partial charge in [-0.3, -0.25) is 14.9 Å². The number of non-ortho nitro benzene ring substituents is 1. The largest absolute Gasteiger partial charge is 0.495 e. The Hall–Kier alpha value is -3.77. The van der Waals surface area contributed by atoms with E-state index in [1.165, 1.54) is 60.5 Å². The smallest absolute Gasteiger partial charge is 0.276 e. The number of carbonyl (C=O) groups is 1. The van der Waals surface area contributed by atoms with E-state index in [1.807, 2.05) is 0 Å². The van der Waals surface area contributed by atoms with Crippen LogP contribution in [0.25, 0.3) is 5.69 Å². The summed E-state index contributed by atoms with van der Waals surface area (Å²) in [5, 5.41) is 17.7. The van der Waals surface area contributed by atoms with E-state index < -0.39 is 20.9 Å². The molecule has 0 bridgehead atoms. The number of hydrogen-bond donors (Lipinski definition) is 2. The van der Waals surface area contributed by atoms with Crippen LogP contribution < -0.4 is 14.8 Å². The number of hydrogen-bond acceptors (Lipinski definition) is 7. The van der Waals surface area contributed by atoms with Crippen LogP contribution in [-0.2, 0) is 10.0 Å². The monoisotopic (exact) mass is 457 g/mol. The highest BCUT2D eigenvalue weighted by atomic mass is 32.2. The molecule has 4 rings (SSSR count). The molecule has 1 aliphatic carbocycles. The number of nitrogens with one attached hydrogen (secondary N) is 2. The van der Waals surface area contributed by atoms with Crippen molar-refractivity contribution in [2.24, 2.45) is 0 Å². The quantitative estimate of drug-likeness (QED) is 0.390. The Morgan fingerprint density at radius 1 is 1.22 bits per heavy atom. The summed E-state index contributed by atoms with van der Waals surface area (Å²) in [6.07, 6.45) is 3.09. The number of methoxy groups -OCH3 is 1. The molecule has 1 amide bonds. The van der Waals surface area contributed by atoms with Crippen molar-refractivity contribution in [1.29, 1.82) is 0 Å². The first-order valence-electron chi connectivity index (χ1n) is 9.59. The lowest BCUT2D eigenvalue weighted by molar-refractivity contribution is -0.384. The Bertz CT molecular complexity index is 1300. The van der Waals surface area contributed by atoms with Crippen molar-refractivity contribution in [2.75, 3.05) is 12.4 Å². The third-order valence-electron chi connectivity index (χ3n) is 4.76. The Balaban J connectivity index is 1.57. The summed E-state index contributed by atoms with van der Waals surface area (Å²) in [6.45, 7) is 0. The van der Waals surface area contributed by atoms with Gasteiger partial charge in [-0.05, 0) is 43.2 Å². The molecule has 1 saturated carbocycles. The van der Waals surface area contributed by atoms with E-state index in [0.29, 0.717) is 5.69 Å². The van der Waals surface area contributed by atoms with Crippen LogP contribution in [0.5, 0.6) is 5.75 Å². The Morgan fingerprint density at radius 3 is 2.69 bits per heavy atom. The first-order chi connectivity index (χ1) is 15.3. The summed E-state index contributed by atoms with van der Waals surface area (Å²) in [5.41, 5.74) is 0.505. The summed E-state index contributed by atoms with van der Waals surface area (Å²) in [5.74, 6) is -0.320. The summed E-state index contributed by atoms with van der Waals surface area (Å²) >= 11 is 0. The van der Waals surface area contributed by atoms with Crippen LogP contribution in [0.1, 0.15) is 23.3 Å². The van der Waals surface area contributed by atoms with Gasteiger partial charge in [0.15, 0.2) is 5.69 Å². The molecule has 1 aromatic heterocycles. The van der Waals surface area contributed by atoms with Gasteiger partial charge in [0, 0.05) is 24.4 Å². The van der Waals surface area contributed by atoms with Crippen molar-refractivity contribution in [3.05, 3.63) is 70.5 Å². The Kier molecular flexibility index (Phi) is 5.63. The van der Waals surface area contributed by atoms with Crippen molar-refractivity contribution in [1.82, 2.24) is 14.5 Å². The zero-order valence-corrected chi connectivity index (χ0v) is 17.7.